The summed E-state index contributed by atoms with van der Waals surface area (Å²) in [6.07, 6.45) is -0.671. The minimum atomic E-state index is -4.61. The van der Waals surface area contributed by atoms with Crippen molar-refractivity contribution in [3.63, 3.8) is 0 Å². The fraction of sp³-hybridized carbons (Fsp3) is 0.100. The zero-order chi connectivity index (χ0) is 24.6. The van der Waals surface area contributed by atoms with Crippen LogP contribution in [0.3, 0.4) is 0 Å². The van der Waals surface area contributed by atoms with E-state index in [0.29, 0.717) is 0 Å². The molecule has 0 aliphatic carbocycles. The van der Waals surface area contributed by atoms with Gasteiger partial charge in [-0.2, -0.15) is 8.42 Å². The second-order valence-electron chi connectivity index (χ2n) is 7.02. The minimum Gasteiger partial charge on any atom is -0.507 e. The Morgan fingerprint density at radius 2 is 1.52 bits per heavy atom. The maximum Gasteiger partial charge on any atom is 0.311 e. The highest BCUT2D eigenvalue weighted by atomic mass is 32.2. The molecule has 33 heavy (non-hydrogen) atoms. The molecular weight excluding hydrogens is 478 g/mol. The van der Waals surface area contributed by atoms with Gasteiger partial charge in [0.25, 0.3) is 20.1 Å². The summed E-state index contributed by atoms with van der Waals surface area (Å²) in [5.41, 5.74) is 0.135. The highest BCUT2D eigenvalue weighted by molar-refractivity contribution is 7.92. The number of phenols is 1. The molecule has 0 amide bonds. The lowest BCUT2D eigenvalue weighted by atomic mass is 9.96. The molecule has 11 nitrogen and oxygen atoms in total. The summed E-state index contributed by atoms with van der Waals surface area (Å²) in [6, 6.07) is 10.5. The Bertz CT molecular complexity index is 1460. The Balaban J connectivity index is 1.92. The Labute approximate surface area is 187 Å². The van der Waals surface area contributed by atoms with Gasteiger partial charge in [-0.25, -0.2) is 8.42 Å². The van der Waals surface area contributed by atoms with E-state index >= 15 is 0 Å². The number of carboxylic acid groups (broad SMARTS) is 2. The third kappa shape index (κ3) is 5.39. The van der Waals surface area contributed by atoms with Crippen molar-refractivity contribution in [3.8, 4) is 5.75 Å². The number of hydrogen-bond donors (Lipinski definition) is 5. The number of aliphatic carboxylic acids is 2. The average Bonchev–Trinajstić information content (AvgIpc) is 2.70. The summed E-state index contributed by atoms with van der Waals surface area (Å²) in [6.45, 7) is 0. The number of aromatic hydroxyl groups is 1. The van der Waals surface area contributed by atoms with Gasteiger partial charge in [0.15, 0.2) is 0 Å². The van der Waals surface area contributed by atoms with Gasteiger partial charge in [0.1, 0.15) is 5.75 Å². The van der Waals surface area contributed by atoms with E-state index in [2.05, 4.69) is 4.72 Å². The molecule has 0 spiro atoms. The molecule has 0 fully saturated rings. The standard InChI is InChI=1S/C20H17NO10S2/c22-18-9-15(33(29,30)31)8-12-7-13(3-6-16(12)18)21-32(27,28)14-4-1-11(2-5-14)17(20(25)26)10-19(23)24/h1-9,17,21-22H,10H2,(H,23,24)(H,25,26)(H,29,30,31). The Morgan fingerprint density at radius 1 is 0.879 bits per heavy atom. The monoisotopic (exact) mass is 495 g/mol. The summed E-state index contributed by atoms with van der Waals surface area (Å²) < 4.78 is 59.6. The van der Waals surface area contributed by atoms with Crippen LogP contribution in [-0.4, -0.2) is 48.6 Å². The van der Waals surface area contributed by atoms with Crippen LogP contribution < -0.4 is 4.72 Å². The molecule has 0 bridgehead atoms. The number of sulfonamides is 1. The number of nitrogens with one attached hydrogen (secondary N) is 1. The lowest BCUT2D eigenvalue weighted by molar-refractivity contribution is -0.145. The highest BCUT2D eigenvalue weighted by Gasteiger charge is 2.24. The number of rotatable bonds is 8. The van der Waals surface area contributed by atoms with Crippen LogP contribution in [0, 0.1) is 0 Å². The zero-order valence-electron chi connectivity index (χ0n) is 16.5. The van der Waals surface area contributed by atoms with Crippen LogP contribution in [0.5, 0.6) is 5.75 Å². The molecule has 3 aromatic carbocycles. The van der Waals surface area contributed by atoms with Crippen molar-refractivity contribution in [1.29, 1.82) is 0 Å². The van der Waals surface area contributed by atoms with Gasteiger partial charge in [-0.1, -0.05) is 12.1 Å². The quantitative estimate of drug-likeness (QED) is 0.289. The number of carboxylic acids is 2. The van der Waals surface area contributed by atoms with Gasteiger partial charge in [-0.3, -0.25) is 18.9 Å². The first-order valence-electron chi connectivity index (χ1n) is 9.09. The average molecular weight is 495 g/mol. The van der Waals surface area contributed by atoms with E-state index in [0.717, 1.165) is 24.3 Å². The van der Waals surface area contributed by atoms with Gasteiger partial charge in [-0.15, -0.1) is 0 Å². The van der Waals surface area contributed by atoms with E-state index in [1.165, 1.54) is 30.3 Å². The fourth-order valence-electron chi connectivity index (χ4n) is 3.15. The van der Waals surface area contributed by atoms with Gasteiger partial charge >= 0.3 is 11.9 Å². The van der Waals surface area contributed by atoms with Gasteiger partial charge in [-0.05, 0) is 47.3 Å². The van der Waals surface area contributed by atoms with E-state index in [1.807, 2.05) is 0 Å². The number of fused-ring (bicyclic) bond motifs is 1. The van der Waals surface area contributed by atoms with E-state index < -0.39 is 55.1 Å². The maximum absolute atomic E-state index is 12.7. The molecule has 0 heterocycles. The first kappa shape index (κ1) is 24.0. The predicted octanol–water partition coefficient (Wildman–Crippen LogP) is 2.24. The number of phenolic OH excluding ortho intramolecular Hbond substituents is 1. The van der Waals surface area contributed by atoms with Crippen LogP contribution in [0.15, 0.2) is 64.4 Å². The molecule has 0 radical (unpaired) electrons. The summed E-state index contributed by atoms with van der Waals surface area (Å²) >= 11 is 0. The summed E-state index contributed by atoms with van der Waals surface area (Å²) in [7, 11) is -8.77. The lowest BCUT2D eigenvalue weighted by Gasteiger charge is -2.13. The third-order valence-electron chi connectivity index (χ3n) is 4.72. The fourth-order valence-corrected chi connectivity index (χ4v) is 4.74. The lowest BCUT2D eigenvalue weighted by Crippen LogP contribution is -2.17. The van der Waals surface area contributed by atoms with Crippen molar-refractivity contribution in [2.24, 2.45) is 0 Å². The smallest absolute Gasteiger partial charge is 0.311 e. The van der Waals surface area contributed by atoms with Gasteiger partial charge in [0, 0.05) is 17.1 Å². The Morgan fingerprint density at radius 3 is 2.06 bits per heavy atom. The second-order valence-corrected chi connectivity index (χ2v) is 10.1. The van der Waals surface area contributed by atoms with E-state index in [9.17, 15) is 41.2 Å². The molecule has 3 rings (SSSR count). The minimum absolute atomic E-state index is 0.0211. The first-order chi connectivity index (χ1) is 15.3. The highest BCUT2D eigenvalue weighted by Crippen LogP contribution is 2.31. The van der Waals surface area contributed by atoms with Crippen molar-refractivity contribution in [2.75, 3.05) is 4.72 Å². The van der Waals surface area contributed by atoms with Crippen LogP contribution >= 0.6 is 0 Å². The van der Waals surface area contributed by atoms with E-state index in [-0.39, 0.29) is 26.9 Å². The molecule has 174 valence electrons. The Hall–Kier alpha value is -3.68. The molecule has 0 aliphatic rings. The van der Waals surface area contributed by atoms with Crippen molar-refractivity contribution >= 4 is 48.5 Å². The zero-order valence-corrected chi connectivity index (χ0v) is 18.2. The van der Waals surface area contributed by atoms with Gasteiger partial charge in [0.05, 0.1) is 22.1 Å². The van der Waals surface area contributed by atoms with Crippen molar-refractivity contribution in [3.05, 3.63) is 60.2 Å². The van der Waals surface area contributed by atoms with Gasteiger partial charge < -0.3 is 15.3 Å². The van der Waals surface area contributed by atoms with E-state index in [4.69, 9.17) is 5.11 Å². The van der Waals surface area contributed by atoms with Crippen LogP contribution in [0.4, 0.5) is 5.69 Å². The molecule has 5 N–H and O–H groups in total. The van der Waals surface area contributed by atoms with Crippen molar-refractivity contribution < 1.29 is 46.3 Å². The molecule has 0 aromatic heterocycles. The number of benzene rings is 3. The SMILES string of the molecule is O=C(O)CC(C(=O)O)c1ccc(S(=O)(=O)Nc2ccc3c(O)cc(S(=O)(=O)O)cc3c2)cc1. The van der Waals surface area contributed by atoms with Crippen LogP contribution in [-0.2, 0) is 29.7 Å². The molecule has 1 atom stereocenters. The van der Waals surface area contributed by atoms with Gasteiger partial charge in [0.2, 0.25) is 0 Å². The molecule has 3 aromatic rings. The molecule has 0 saturated heterocycles. The van der Waals surface area contributed by atoms with E-state index in [1.54, 1.807) is 0 Å². The number of anilines is 1. The summed E-state index contributed by atoms with van der Waals surface area (Å²) in [5, 5.41) is 28.4. The topological polar surface area (TPSA) is 195 Å². The third-order valence-corrected chi connectivity index (χ3v) is 6.95. The van der Waals surface area contributed by atoms with Crippen LogP contribution in [0.25, 0.3) is 10.8 Å². The molecule has 13 heteroatoms. The molecule has 1 unspecified atom stereocenters. The molecular formula is C20H17NO10S2. The number of hydrogen-bond acceptors (Lipinski definition) is 7. The van der Waals surface area contributed by atoms with Crippen molar-refractivity contribution in [1.82, 2.24) is 0 Å². The molecule has 0 aliphatic heterocycles. The largest absolute Gasteiger partial charge is 0.507 e. The van der Waals surface area contributed by atoms with Crippen molar-refractivity contribution in [2.45, 2.75) is 22.1 Å². The Kier molecular flexibility index (Phi) is 6.31. The normalized spacial score (nSPS) is 12.9. The van der Waals surface area contributed by atoms with Crippen LogP contribution in [0.2, 0.25) is 0 Å². The number of carbonyl (C=O) groups is 2. The molecule has 0 saturated carbocycles. The maximum atomic E-state index is 12.7. The van der Waals surface area contributed by atoms with Crippen LogP contribution in [0.1, 0.15) is 17.9 Å². The summed E-state index contributed by atoms with van der Waals surface area (Å²) in [5.74, 6) is -4.47. The first-order valence-corrected chi connectivity index (χ1v) is 12.0. The second kappa shape index (κ2) is 8.69. The summed E-state index contributed by atoms with van der Waals surface area (Å²) in [4.78, 5) is 21.4. The predicted molar refractivity (Wildman–Crippen MR) is 115 cm³/mol.